The van der Waals surface area contributed by atoms with Gasteiger partial charge in [-0.3, -0.25) is 9.97 Å². The van der Waals surface area contributed by atoms with Crippen molar-refractivity contribution in [1.82, 2.24) is 15.3 Å². The Balaban J connectivity index is 2.09. The summed E-state index contributed by atoms with van der Waals surface area (Å²) < 4.78 is 5.40. The highest BCUT2D eigenvalue weighted by molar-refractivity contribution is 5.04. The van der Waals surface area contributed by atoms with Gasteiger partial charge >= 0.3 is 0 Å². The van der Waals surface area contributed by atoms with Gasteiger partial charge in [0.2, 0.25) is 0 Å². The molecule has 1 atom stereocenters. The largest absolute Gasteiger partial charge is 0.381 e. The van der Waals surface area contributed by atoms with Crippen LogP contribution in [-0.2, 0) is 4.74 Å². The zero-order valence-electron chi connectivity index (χ0n) is 9.72. The Morgan fingerprint density at radius 2 is 2.25 bits per heavy atom. The molecule has 1 aromatic rings. The van der Waals surface area contributed by atoms with E-state index in [0.29, 0.717) is 12.0 Å². The van der Waals surface area contributed by atoms with E-state index in [0.717, 1.165) is 38.3 Å². The molecule has 0 radical (unpaired) electrons. The Kier molecular flexibility index (Phi) is 4.25. The number of hydrogen-bond donors (Lipinski definition) is 1. The van der Waals surface area contributed by atoms with Crippen LogP contribution in [-0.4, -0.2) is 29.7 Å². The molecule has 0 aromatic carbocycles. The first-order chi connectivity index (χ1) is 7.92. The van der Waals surface area contributed by atoms with Crippen LogP contribution in [0.3, 0.4) is 0 Å². The van der Waals surface area contributed by atoms with Crippen molar-refractivity contribution >= 4 is 0 Å². The van der Waals surface area contributed by atoms with Gasteiger partial charge in [-0.05, 0) is 25.3 Å². The lowest BCUT2D eigenvalue weighted by molar-refractivity contribution is 0.0532. The summed E-state index contributed by atoms with van der Waals surface area (Å²) in [5.41, 5.74) is 1.05. The molecule has 1 aliphatic heterocycles. The normalized spacial score (nSPS) is 19.6. The molecule has 2 heterocycles. The summed E-state index contributed by atoms with van der Waals surface area (Å²) in [6.45, 7) is 4.82. The summed E-state index contributed by atoms with van der Waals surface area (Å²) in [5.74, 6) is 0.616. The van der Waals surface area contributed by atoms with Crippen LogP contribution in [0.15, 0.2) is 18.6 Å². The van der Waals surface area contributed by atoms with Crippen LogP contribution in [0.25, 0.3) is 0 Å². The van der Waals surface area contributed by atoms with Gasteiger partial charge in [0.1, 0.15) is 0 Å². The molecule has 4 heteroatoms. The van der Waals surface area contributed by atoms with Crippen LogP contribution in [0.2, 0.25) is 0 Å². The third kappa shape index (κ3) is 2.77. The SMILES string of the molecule is CCNC(c1cnccn1)C1CCOCC1. The Hall–Kier alpha value is -1.00. The van der Waals surface area contributed by atoms with Crippen molar-refractivity contribution in [2.45, 2.75) is 25.8 Å². The van der Waals surface area contributed by atoms with Crippen molar-refractivity contribution in [3.8, 4) is 0 Å². The van der Waals surface area contributed by atoms with Gasteiger partial charge in [-0.1, -0.05) is 6.92 Å². The molecule has 1 aliphatic rings. The molecular weight excluding hydrogens is 202 g/mol. The first-order valence-corrected chi connectivity index (χ1v) is 5.99. The van der Waals surface area contributed by atoms with E-state index < -0.39 is 0 Å². The maximum atomic E-state index is 5.40. The third-order valence-corrected chi connectivity index (χ3v) is 3.06. The molecule has 88 valence electrons. The second kappa shape index (κ2) is 5.92. The molecule has 1 aromatic heterocycles. The molecule has 0 aliphatic carbocycles. The molecule has 16 heavy (non-hydrogen) atoms. The van der Waals surface area contributed by atoms with E-state index in [-0.39, 0.29) is 0 Å². The molecular formula is C12H19N3O. The van der Waals surface area contributed by atoms with Crippen LogP contribution in [0.5, 0.6) is 0 Å². The summed E-state index contributed by atoms with van der Waals surface area (Å²) >= 11 is 0. The van der Waals surface area contributed by atoms with Gasteiger partial charge in [-0.25, -0.2) is 0 Å². The van der Waals surface area contributed by atoms with Crippen molar-refractivity contribution in [2.24, 2.45) is 5.92 Å². The van der Waals surface area contributed by atoms with Crippen LogP contribution >= 0.6 is 0 Å². The van der Waals surface area contributed by atoms with E-state index in [1.54, 1.807) is 12.4 Å². The minimum atomic E-state index is 0.322. The first-order valence-electron chi connectivity index (χ1n) is 5.99. The Labute approximate surface area is 96.4 Å². The molecule has 0 saturated carbocycles. The van der Waals surface area contributed by atoms with Crippen LogP contribution in [0.1, 0.15) is 31.5 Å². The molecule has 0 bridgehead atoms. The van der Waals surface area contributed by atoms with Gasteiger partial charge in [0.15, 0.2) is 0 Å². The van der Waals surface area contributed by atoms with Crippen LogP contribution in [0, 0.1) is 5.92 Å². The van der Waals surface area contributed by atoms with Gasteiger partial charge in [0, 0.05) is 31.8 Å². The monoisotopic (exact) mass is 221 g/mol. The molecule has 0 spiro atoms. The van der Waals surface area contributed by atoms with Gasteiger partial charge in [-0.15, -0.1) is 0 Å². The molecule has 1 N–H and O–H groups in total. The van der Waals surface area contributed by atoms with E-state index in [4.69, 9.17) is 4.74 Å². The number of nitrogens with zero attached hydrogens (tertiary/aromatic N) is 2. The fraction of sp³-hybridized carbons (Fsp3) is 0.667. The van der Waals surface area contributed by atoms with Crippen molar-refractivity contribution in [3.05, 3.63) is 24.3 Å². The van der Waals surface area contributed by atoms with Crippen molar-refractivity contribution < 1.29 is 4.74 Å². The van der Waals surface area contributed by atoms with E-state index in [1.807, 2.05) is 6.20 Å². The first kappa shape index (κ1) is 11.5. The number of ether oxygens (including phenoxy) is 1. The summed E-state index contributed by atoms with van der Waals surface area (Å²) in [4.78, 5) is 8.56. The topological polar surface area (TPSA) is 47.0 Å². The highest BCUT2D eigenvalue weighted by Gasteiger charge is 2.25. The maximum Gasteiger partial charge on any atom is 0.0758 e. The van der Waals surface area contributed by atoms with Gasteiger partial charge < -0.3 is 10.1 Å². The Morgan fingerprint density at radius 1 is 1.44 bits per heavy atom. The molecule has 1 unspecified atom stereocenters. The van der Waals surface area contributed by atoms with Crippen molar-refractivity contribution in [1.29, 1.82) is 0 Å². The summed E-state index contributed by atoms with van der Waals surface area (Å²) in [6.07, 6.45) is 7.56. The molecule has 4 nitrogen and oxygen atoms in total. The zero-order valence-corrected chi connectivity index (χ0v) is 9.72. The van der Waals surface area contributed by atoms with Crippen molar-refractivity contribution in [3.63, 3.8) is 0 Å². The smallest absolute Gasteiger partial charge is 0.0758 e. The predicted octanol–water partition coefficient (Wildman–Crippen LogP) is 1.55. The highest BCUT2D eigenvalue weighted by Crippen LogP contribution is 2.28. The molecule has 1 fully saturated rings. The fourth-order valence-electron chi connectivity index (χ4n) is 2.25. The lowest BCUT2D eigenvalue weighted by atomic mass is 9.90. The van der Waals surface area contributed by atoms with Crippen LogP contribution < -0.4 is 5.32 Å². The van der Waals surface area contributed by atoms with Crippen LogP contribution in [0.4, 0.5) is 0 Å². The molecule has 2 rings (SSSR count). The van der Waals surface area contributed by atoms with Gasteiger partial charge in [-0.2, -0.15) is 0 Å². The number of nitrogens with one attached hydrogen (secondary N) is 1. The summed E-state index contributed by atoms with van der Waals surface area (Å²) in [5, 5.41) is 3.51. The average Bonchev–Trinajstić information content (AvgIpc) is 2.38. The van der Waals surface area contributed by atoms with E-state index in [9.17, 15) is 0 Å². The fourth-order valence-corrected chi connectivity index (χ4v) is 2.25. The third-order valence-electron chi connectivity index (χ3n) is 3.06. The van der Waals surface area contributed by atoms with E-state index in [2.05, 4.69) is 22.2 Å². The summed E-state index contributed by atoms with van der Waals surface area (Å²) in [7, 11) is 0. The molecule has 0 amide bonds. The predicted molar refractivity (Wildman–Crippen MR) is 62.0 cm³/mol. The molecule has 1 saturated heterocycles. The highest BCUT2D eigenvalue weighted by atomic mass is 16.5. The van der Waals surface area contributed by atoms with Crippen molar-refractivity contribution in [2.75, 3.05) is 19.8 Å². The summed E-state index contributed by atoms with van der Waals surface area (Å²) in [6, 6.07) is 0.322. The average molecular weight is 221 g/mol. The number of aromatic nitrogens is 2. The van der Waals surface area contributed by atoms with E-state index >= 15 is 0 Å². The standard InChI is InChI=1S/C12H19N3O/c1-2-14-12(10-3-7-16-8-4-10)11-9-13-5-6-15-11/h5-6,9-10,12,14H,2-4,7-8H2,1H3. The minimum absolute atomic E-state index is 0.322. The van der Waals surface area contributed by atoms with E-state index in [1.165, 1.54) is 0 Å². The zero-order chi connectivity index (χ0) is 11.2. The van der Waals surface area contributed by atoms with Gasteiger partial charge in [0.05, 0.1) is 11.7 Å². The van der Waals surface area contributed by atoms with Gasteiger partial charge in [0.25, 0.3) is 0 Å². The second-order valence-corrected chi connectivity index (χ2v) is 4.12. The lowest BCUT2D eigenvalue weighted by Crippen LogP contribution is -2.32. The Bertz CT molecular complexity index is 298. The quantitative estimate of drug-likeness (QED) is 0.838. The minimum Gasteiger partial charge on any atom is -0.381 e. The Morgan fingerprint density at radius 3 is 2.88 bits per heavy atom. The second-order valence-electron chi connectivity index (χ2n) is 4.12. The number of rotatable bonds is 4. The lowest BCUT2D eigenvalue weighted by Gasteiger charge is -2.30. The maximum absolute atomic E-state index is 5.40. The number of hydrogen-bond acceptors (Lipinski definition) is 4.